The fourth-order valence-corrected chi connectivity index (χ4v) is 12.5. The van der Waals surface area contributed by atoms with Gasteiger partial charge in [-0.15, -0.1) is 0 Å². The SMILES string of the molecule is Cc1ccc2c(c1)-c1ccc(-c3cc(C)c4c(c3)[Si](C)(C)c3ccccc3-4)cc1[Si]2(C)C. The van der Waals surface area contributed by atoms with Gasteiger partial charge in [0.15, 0.2) is 0 Å². The second-order valence-electron chi connectivity index (χ2n) is 10.8. The summed E-state index contributed by atoms with van der Waals surface area (Å²) >= 11 is 0. The second-order valence-corrected chi connectivity index (χ2v) is 19.5. The maximum Gasteiger partial charge on any atom is 0.113 e. The lowest BCUT2D eigenvalue weighted by Gasteiger charge is -2.21. The van der Waals surface area contributed by atoms with E-state index in [1.54, 1.807) is 20.7 Å². The molecule has 0 saturated carbocycles. The largest absolute Gasteiger partial charge is 0.113 e. The van der Waals surface area contributed by atoms with Crippen molar-refractivity contribution in [2.24, 2.45) is 0 Å². The zero-order chi connectivity index (χ0) is 22.4. The van der Waals surface area contributed by atoms with Crippen LogP contribution in [0.4, 0.5) is 0 Å². The quantitative estimate of drug-likeness (QED) is 0.335. The van der Waals surface area contributed by atoms with Gasteiger partial charge in [-0.1, -0.05) is 105 Å². The van der Waals surface area contributed by atoms with Gasteiger partial charge in [0, 0.05) is 0 Å². The minimum Gasteiger partial charge on any atom is -0.0623 e. The third-order valence-corrected chi connectivity index (χ3v) is 15.1. The number of aryl methyl sites for hydroxylation is 2. The maximum absolute atomic E-state index is 2.52. The molecule has 6 rings (SSSR count). The van der Waals surface area contributed by atoms with Crippen LogP contribution in [0.25, 0.3) is 33.4 Å². The van der Waals surface area contributed by atoms with Crippen LogP contribution in [0.5, 0.6) is 0 Å². The highest BCUT2D eigenvalue weighted by molar-refractivity contribution is 7.04. The highest BCUT2D eigenvalue weighted by Gasteiger charge is 2.39. The molecule has 32 heavy (non-hydrogen) atoms. The van der Waals surface area contributed by atoms with Crippen LogP contribution < -0.4 is 20.7 Å². The van der Waals surface area contributed by atoms with E-state index in [2.05, 4.69) is 113 Å². The first kappa shape index (κ1) is 20.0. The van der Waals surface area contributed by atoms with E-state index in [9.17, 15) is 0 Å². The van der Waals surface area contributed by atoms with Crippen LogP contribution in [0, 0.1) is 13.8 Å². The number of hydrogen-bond donors (Lipinski definition) is 0. The van der Waals surface area contributed by atoms with Crippen LogP contribution in [0.15, 0.2) is 72.8 Å². The van der Waals surface area contributed by atoms with Crippen LogP contribution in [-0.2, 0) is 0 Å². The fraction of sp³-hybridized carbons (Fsp3) is 0.200. The number of rotatable bonds is 1. The van der Waals surface area contributed by atoms with E-state index >= 15 is 0 Å². The minimum absolute atomic E-state index is 1.35. The molecule has 0 fully saturated rings. The zero-order valence-corrected chi connectivity index (χ0v) is 21.9. The summed E-state index contributed by atoms with van der Waals surface area (Å²) in [5.41, 5.74) is 11.4. The van der Waals surface area contributed by atoms with Gasteiger partial charge in [0.1, 0.15) is 16.1 Å². The maximum atomic E-state index is 2.52. The van der Waals surface area contributed by atoms with Crippen LogP contribution in [0.2, 0.25) is 26.2 Å². The molecule has 0 amide bonds. The lowest BCUT2D eigenvalue weighted by molar-refractivity contribution is 1.48. The third-order valence-electron chi connectivity index (χ3n) is 8.04. The van der Waals surface area contributed by atoms with Crippen molar-refractivity contribution in [2.45, 2.75) is 40.0 Å². The van der Waals surface area contributed by atoms with Crippen molar-refractivity contribution in [3.8, 4) is 33.4 Å². The first-order valence-electron chi connectivity index (χ1n) is 11.7. The Kier molecular flexibility index (Phi) is 4.01. The Hall–Kier alpha value is -2.69. The molecule has 0 N–H and O–H groups in total. The van der Waals surface area contributed by atoms with Crippen molar-refractivity contribution >= 4 is 36.9 Å². The van der Waals surface area contributed by atoms with E-state index < -0.39 is 16.1 Å². The average molecular weight is 447 g/mol. The van der Waals surface area contributed by atoms with Crippen molar-refractivity contribution in [3.05, 3.63) is 83.9 Å². The lowest BCUT2D eigenvalue weighted by atomic mass is 9.94. The van der Waals surface area contributed by atoms with Crippen LogP contribution in [0.3, 0.4) is 0 Å². The Morgan fingerprint density at radius 2 is 1.19 bits per heavy atom. The van der Waals surface area contributed by atoms with E-state index in [4.69, 9.17) is 0 Å². The Morgan fingerprint density at radius 1 is 0.500 bits per heavy atom. The number of benzene rings is 4. The Balaban J connectivity index is 1.53. The van der Waals surface area contributed by atoms with Gasteiger partial charge in [-0.05, 0) is 73.5 Å². The van der Waals surface area contributed by atoms with Crippen LogP contribution in [0.1, 0.15) is 11.1 Å². The van der Waals surface area contributed by atoms with Gasteiger partial charge in [0.05, 0.1) is 0 Å². The summed E-state index contributed by atoms with van der Waals surface area (Å²) in [7, 11) is -3.35. The molecule has 2 heteroatoms. The molecular weight excluding hydrogens is 417 g/mol. The van der Waals surface area contributed by atoms with Gasteiger partial charge in [0.25, 0.3) is 0 Å². The lowest BCUT2D eigenvalue weighted by Crippen LogP contribution is -2.49. The molecule has 0 saturated heterocycles. The highest BCUT2D eigenvalue weighted by Crippen LogP contribution is 2.36. The number of fused-ring (bicyclic) bond motifs is 6. The summed E-state index contributed by atoms with van der Waals surface area (Å²) < 4.78 is 0. The molecule has 4 aromatic rings. The molecule has 0 atom stereocenters. The summed E-state index contributed by atoms with van der Waals surface area (Å²) in [6.45, 7) is 14.6. The molecule has 4 aromatic carbocycles. The van der Waals surface area contributed by atoms with Crippen molar-refractivity contribution in [1.29, 1.82) is 0 Å². The smallest absolute Gasteiger partial charge is 0.0623 e. The second kappa shape index (κ2) is 6.43. The first-order valence-corrected chi connectivity index (χ1v) is 17.7. The Morgan fingerprint density at radius 3 is 2.00 bits per heavy atom. The van der Waals surface area contributed by atoms with Gasteiger partial charge in [0.2, 0.25) is 0 Å². The molecular formula is C30H30Si2. The molecule has 158 valence electrons. The standard InChI is InChI=1S/C30H30Si2/c1-19-11-14-27-25(15-19)23-13-12-21(17-28(23)31(27,3)4)22-16-20(2)30-24-9-7-8-10-26(24)32(5,6)29(30)18-22/h7-18H,1-6H3. The molecule has 2 aliphatic heterocycles. The van der Waals surface area contributed by atoms with Gasteiger partial charge < -0.3 is 0 Å². The van der Waals surface area contributed by atoms with Crippen molar-refractivity contribution in [3.63, 3.8) is 0 Å². The predicted molar refractivity (Wildman–Crippen MR) is 146 cm³/mol. The normalized spacial score (nSPS) is 16.3. The first-order chi connectivity index (χ1) is 15.2. The van der Waals surface area contributed by atoms with E-state index in [1.807, 2.05) is 0 Å². The van der Waals surface area contributed by atoms with Gasteiger partial charge >= 0.3 is 0 Å². The molecule has 0 unspecified atom stereocenters. The van der Waals surface area contributed by atoms with E-state index in [0.29, 0.717) is 0 Å². The summed E-state index contributed by atoms with van der Waals surface area (Å²) in [5, 5.41) is 6.37. The van der Waals surface area contributed by atoms with Gasteiger partial charge in [-0.3, -0.25) is 0 Å². The Bertz CT molecular complexity index is 1440. The molecule has 2 aliphatic rings. The van der Waals surface area contributed by atoms with Crippen molar-refractivity contribution in [1.82, 2.24) is 0 Å². The number of hydrogen-bond acceptors (Lipinski definition) is 0. The predicted octanol–water partition coefficient (Wildman–Crippen LogP) is 5.58. The fourth-order valence-electron chi connectivity index (χ4n) is 6.24. The molecule has 0 aromatic heterocycles. The van der Waals surface area contributed by atoms with E-state index in [1.165, 1.54) is 44.5 Å². The highest BCUT2D eigenvalue weighted by atomic mass is 28.3. The van der Waals surface area contributed by atoms with E-state index in [-0.39, 0.29) is 0 Å². The van der Waals surface area contributed by atoms with Crippen LogP contribution in [-0.4, -0.2) is 16.1 Å². The summed E-state index contributed by atoms with van der Waals surface area (Å²) in [6.07, 6.45) is 0. The van der Waals surface area contributed by atoms with Crippen molar-refractivity contribution in [2.75, 3.05) is 0 Å². The molecule has 2 heterocycles. The monoisotopic (exact) mass is 446 g/mol. The zero-order valence-electron chi connectivity index (χ0n) is 19.9. The Labute approximate surface area is 194 Å². The average Bonchev–Trinajstić information content (AvgIpc) is 3.13. The van der Waals surface area contributed by atoms with Gasteiger partial charge in [-0.25, -0.2) is 0 Å². The van der Waals surface area contributed by atoms with E-state index in [0.717, 1.165) is 0 Å². The third kappa shape index (κ3) is 2.54. The molecule has 0 radical (unpaired) electrons. The topological polar surface area (TPSA) is 0 Å². The van der Waals surface area contributed by atoms with Gasteiger partial charge in [-0.2, -0.15) is 0 Å². The molecule has 0 spiro atoms. The van der Waals surface area contributed by atoms with Crippen molar-refractivity contribution < 1.29 is 0 Å². The summed E-state index contributed by atoms with van der Waals surface area (Å²) in [4.78, 5) is 0. The molecule has 0 bridgehead atoms. The molecule has 0 nitrogen and oxygen atoms in total. The van der Waals surface area contributed by atoms with Crippen LogP contribution >= 0.6 is 0 Å². The molecule has 0 aliphatic carbocycles. The summed E-state index contributed by atoms with van der Waals surface area (Å²) in [6, 6.07) is 28.4. The summed E-state index contributed by atoms with van der Waals surface area (Å²) in [5.74, 6) is 0. The minimum atomic E-state index is -1.68.